The summed E-state index contributed by atoms with van der Waals surface area (Å²) in [6.45, 7) is 5.33. The number of sulfonamides is 1. The van der Waals surface area contributed by atoms with E-state index in [0.717, 1.165) is 81.4 Å². The highest BCUT2D eigenvalue weighted by atomic mass is 32.2. The predicted molar refractivity (Wildman–Crippen MR) is 151 cm³/mol. The first-order valence-electron chi connectivity index (χ1n) is 13.3. The van der Waals surface area contributed by atoms with Gasteiger partial charge in [-0.05, 0) is 49.5 Å². The summed E-state index contributed by atoms with van der Waals surface area (Å²) >= 11 is 1.57. The summed E-state index contributed by atoms with van der Waals surface area (Å²) < 4.78 is 35.7. The van der Waals surface area contributed by atoms with E-state index in [1.807, 2.05) is 24.3 Å². The standard InChI is InChI=1S/C28H33N5O2S2/c34-37(35,27-21-29-20-22-8-3-4-10-24(22)27)33-14-7-1-2-9-23(33)13-15-31-16-18-32(19-17-31)28-25-11-5-6-12-26(25)36-30-28/h3-6,8,10-12,20-21,23H,1-2,7,9,13-19H2. The highest BCUT2D eigenvalue weighted by molar-refractivity contribution is 7.89. The van der Waals surface area contributed by atoms with Crippen LogP contribution in [0.4, 0.5) is 5.82 Å². The van der Waals surface area contributed by atoms with Gasteiger partial charge < -0.3 is 4.90 Å². The van der Waals surface area contributed by atoms with E-state index in [2.05, 4.69) is 39.0 Å². The predicted octanol–water partition coefficient (Wildman–Crippen LogP) is 4.99. The van der Waals surface area contributed by atoms with Crippen LogP contribution < -0.4 is 4.90 Å². The minimum Gasteiger partial charge on any atom is -0.353 e. The fraction of sp³-hybridized carbons (Fsp3) is 0.429. The highest BCUT2D eigenvalue weighted by Gasteiger charge is 2.34. The molecule has 0 spiro atoms. The Kier molecular flexibility index (Phi) is 7.12. The zero-order valence-electron chi connectivity index (χ0n) is 21.0. The van der Waals surface area contributed by atoms with Gasteiger partial charge in [-0.25, -0.2) is 8.42 Å². The zero-order chi connectivity index (χ0) is 25.2. The lowest BCUT2D eigenvalue weighted by molar-refractivity contribution is 0.218. The molecule has 0 saturated carbocycles. The number of pyridine rings is 1. The van der Waals surface area contributed by atoms with E-state index in [1.165, 1.54) is 16.3 Å². The number of hydrogen-bond donors (Lipinski definition) is 0. The molecule has 0 radical (unpaired) electrons. The summed E-state index contributed by atoms with van der Waals surface area (Å²) in [5, 5.41) is 2.86. The van der Waals surface area contributed by atoms with Crippen LogP contribution in [0.1, 0.15) is 32.1 Å². The van der Waals surface area contributed by atoms with E-state index < -0.39 is 10.0 Å². The smallest absolute Gasteiger partial charge is 0.245 e. The molecule has 2 aliphatic rings. The van der Waals surface area contributed by atoms with Crippen molar-refractivity contribution >= 4 is 48.2 Å². The average molecular weight is 536 g/mol. The summed E-state index contributed by atoms with van der Waals surface area (Å²) in [5.74, 6) is 1.10. The SMILES string of the molecule is O=S(=O)(c1cncc2ccccc12)N1CCCCCC1CCN1CCN(c2nsc3ccccc23)CC1. The van der Waals surface area contributed by atoms with Crippen molar-refractivity contribution < 1.29 is 8.42 Å². The number of hydrogen-bond acceptors (Lipinski definition) is 7. The number of benzene rings is 2. The Balaban J connectivity index is 1.14. The van der Waals surface area contributed by atoms with Gasteiger partial charge in [-0.1, -0.05) is 49.2 Å². The largest absolute Gasteiger partial charge is 0.353 e. The second-order valence-corrected chi connectivity index (χ2v) is 12.8. The third kappa shape index (κ3) is 4.97. The molecule has 0 N–H and O–H groups in total. The summed E-state index contributed by atoms with van der Waals surface area (Å²) in [5.41, 5.74) is 0. The number of anilines is 1. The lowest BCUT2D eigenvalue weighted by Crippen LogP contribution is -2.48. The van der Waals surface area contributed by atoms with Crippen LogP contribution in [0.15, 0.2) is 65.8 Å². The molecule has 1 unspecified atom stereocenters. The molecule has 0 amide bonds. The normalized spacial score (nSPS) is 20.4. The topological polar surface area (TPSA) is 69.6 Å². The molecular weight excluding hydrogens is 502 g/mol. The number of aromatic nitrogens is 2. The molecule has 0 bridgehead atoms. The molecule has 2 saturated heterocycles. The summed E-state index contributed by atoms with van der Waals surface area (Å²) in [6.07, 6.45) is 8.11. The molecule has 2 aromatic carbocycles. The molecule has 6 rings (SSSR count). The van der Waals surface area contributed by atoms with Gasteiger partial charge >= 0.3 is 0 Å². The Labute approximate surface area is 222 Å². The van der Waals surface area contributed by atoms with E-state index in [-0.39, 0.29) is 6.04 Å². The summed E-state index contributed by atoms with van der Waals surface area (Å²) in [6, 6.07) is 16.1. The van der Waals surface area contributed by atoms with E-state index >= 15 is 0 Å². The number of rotatable bonds is 6. The van der Waals surface area contributed by atoms with Crippen molar-refractivity contribution in [2.45, 2.75) is 43.0 Å². The third-order valence-corrected chi connectivity index (χ3v) is 10.6. The van der Waals surface area contributed by atoms with Gasteiger partial charge in [0.15, 0.2) is 0 Å². The molecule has 2 aliphatic heterocycles. The third-order valence-electron chi connectivity index (χ3n) is 7.85. The van der Waals surface area contributed by atoms with Gasteiger partial charge in [0.25, 0.3) is 0 Å². The van der Waals surface area contributed by atoms with E-state index in [4.69, 9.17) is 4.37 Å². The fourth-order valence-electron chi connectivity index (χ4n) is 5.79. The first-order chi connectivity index (χ1) is 18.1. The van der Waals surface area contributed by atoms with Crippen molar-refractivity contribution in [1.29, 1.82) is 0 Å². The van der Waals surface area contributed by atoms with Gasteiger partial charge in [-0.15, -0.1) is 0 Å². The molecule has 2 fully saturated rings. The van der Waals surface area contributed by atoms with Gasteiger partial charge in [-0.3, -0.25) is 9.88 Å². The summed E-state index contributed by atoms with van der Waals surface area (Å²) in [4.78, 5) is 9.48. The van der Waals surface area contributed by atoms with Gasteiger partial charge in [-0.2, -0.15) is 8.68 Å². The molecule has 7 nitrogen and oxygen atoms in total. The maximum atomic E-state index is 14.0. The Hall–Kier alpha value is -2.59. The van der Waals surface area contributed by atoms with Crippen LogP contribution in [0.2, 0.25) is 0 Å². The Bertz CT molecular complexity index is 1480. The maximum absolute atomic E-state index is 14.0. The number of nitrogens with zero attached hydrogens (tertiary/aromatic N) is 5. The van der Waals surface area contributed by atoms with E-state index in [1.54, 1.807) is 22.0 Å². The van der Waals surface area contributed by atoms with E-state index in [0.29, 0.717) is 11.4 Å². The Morgan fingerprint density at radius 3 is 2.51 bits per heavy atom. The molecule has 37 heavy (non-hydrogen) atoms. The van der Waals surface area contributed by atoms with Gasteiger partial charge in [0, 0.05) is 67.3 Å². The minimum atomic E-state index is -3.64. The van der Waals surface area contributed by atoms with Crippen LogP contribution in [0.25, 0.3) is 20.9 Å². The second-order valence-electron chi connectivity index (χ2n) is 10.1. The van der Waals surface area contributed by atoms with Crippen LogP contribution in [-0.2, 0) is 10.0 Å². The first kappa shape index (κ1) is 24.7. The van der Waals surface area contributed by atoms with Gasteiger partial charge in [0.2, 0.25) is 10.0 Å². The summed E-state index contributed by atoms with van der Waals surface area (Å²) in [7, 11) is -3.64. The molecule has 4 aromatic rings. The van der Waals surface area contributed by atoms with Crippen molar-refractivity contribution in [3.05, 3.63) is 60.9 Å². The molecule has 1 atom stereocenters. The van der Waals surface area contributed by atoms with Crippen LogP contribution in [0, 0.1) is 0 Å². The second kappa shape index (κ2) is 10.6. The molecule has 4 heterocycles. The first-order valence-corrected chi connectivity index (χ1v) is 15.5. The molecule has 9 heteroatoms. The average Bonchev–Trinajstić information content (AvgIpc) is 3.21. The van der Waals surface area contributed by atoms with Gasteiger partial charge in [0.1, 0.15) is 10.7 Å². The fourth-order valence-corrected chi connectivity index (χ4v) is 8.47. The van der Waals surface area contributed by atoms with Crippen LogP contribution in [0.3, 0.4) is 0 Å². The van der Waals surface area contributed by atoms with Crippen LogP contribution in [-0.4, -0.2) is 72.3 Å². The number of fused-ring (bicyclic) bond motifs is 2. The molecule has 0 aliphatic carbocycles. The van der Waals surface area contributed by atoms with Crippen molar-refractivity contribution in [2.75, 3.05) is 44.2 Å². The highest BCUT2D eigenvalue weighted by Crippen LogP contribution is 2.32. The van der Waals surface area contributed by atoms with Crippen LogP contribution in [0.5, 0.6) is 0 Å². The monoisotopic (exact) mass is 535 g/mol. The lowest BCUT2D eigenvalue weighted by Gasteiger charge is -2.36. The molecular formula is C28H33N5O2S2. The van der Waals surface area contributed by atoms with Gasteiger partial charge in [0.05, 0.1) is 4.70 Å². The Morgan fingerprint density at radius 2 is 1.65 bits per heavy atom. The van der Waals surface area contributed by atoms with Crippen molar-refractivity contribution in [2.24, 2.45) is 0 Å². The van der Waals surface area contributed by atoms with E-state index in [9.17, 15) is 8.42 Å². The minimum absolute atomic E-state index is 0.0204. The molecule has 2 aromatic heterocycles. The van der Waals surface area contributed by atoms with Crippen molar-refractivity contribution in [3.8, 4) is 0 Å². The Morgan fingerprint density at radius 1 is 0.865 bits per heavy atom. The maximum Gasteiger partial charge on any atom is 0.245 e. The quantitative estimate of drug-likeness (QED) is 0.347. The zero-order valence-corrected chi connectivity index (χ0v) is 22.6. The van der Waals surface area contributed by atoms with Crippen molar-refractivity contribution in [1.82, 2.24) is 18.6 Å². The van der Waals surface area contributed by atoms with Crippen LogP contribution >= 0.6 is 11.5 Å². The number of piperazine rings is 1. The van der Waals surface area contributed by atoms with Crippen molar-refractivity contribution in [3.63, 3.8) is 0 Å². The molecule has 194 valence electrons. The lowest BCUT2D eigenvalue weighted by atomic mass is 10.1.